The van der Waals surface area contributed by atoms with Gasteiger partial charge in [0.2, 0.25) is 0 Å². The fourth-order valence-corrected chi connectivity index (χ4v) is 2.62. The summed E-state index contributed by atoms with van der Waals surface area (Å²) < 4.78 is 10.5. The van der Waals surface area contributed by atoms with Crippen LogP contribution in [0.25, 0.3) is 11.0 Å². The minimum Gasteiger partial charge on any atom is -0.508 e. The van der Waals surface area contributed by atoms with Crippen molar-refractivity contribution < 1.29 is 19.1 Å². The van der Waals surface area contributed by atoms with E-state index >= 15 is 0 Å². The molecule has 1 aromatic heterocycles. The lowest BCUT2D eigenvalue weighted by molar-refractivity contribution is -0.144. The van der Waals surface area contributed by atoms with E-state index in [1.165, 1.54) is 12.1 Å². The molecule has 0 unspecified atom stereocenters. The summed E-state index contributed by atoms with van der Waals surface area (Å²) in [7, 11) is 0. The summed E-state index contributed by atoms with van der Waals surface area (Å²) >= 11 is 0. The quantitative estimate of drug-likeness (QED) is 0.583. The molecule has 0 aliphatic rings. The molecule has 0 spiro atoms. The average Bonchev–Trinajstić information content (AvgIpc) is 2.58. The second-order valence-corrected chi connectivity index (χ2v) is 6.00. The summed E-state index contributed by atoms with van der Waals surface area (Å²) in [5.41, 5.74) is 2.77. The molecule has 25 heavy (non-hydrogen) atoms. The second-order valence-electron chi connectivity index (χ2n) is 6.00. The molecule has 3 rings (SSSR count). The van der Waals surface area contributed by atoms with Crippen molar-refractivity contribution in [1.82, 2.24) is 0 Å². The van der Waals surface area contributed by atoms with Crippen LogP contribution in [-0.4, -0.2) is 11.1 Å². The number of ether oxygens (including phenoxy) is 1. The summed E-state index contributed by atoms with van der Waals surface area (Å²) in [4.78, 5) is 23.8. The SMILES string of the molecule is Cc1ccc(CC(=O)OCc2cc(=O)oc3c(C)c(O)ccc23)cc1. The molecule has 5 nitrogen and oxygen atoms in total. The minimum atomic E-state index is -0.550. The summed E-state index contributed by atoms with van der Waals surface area (Å²) in [5.74, 6) is -0.329. The Bertz CT molecular complexity index is 983. The highest BCUT2D eigenvalue weighted by molar-refractivity contribution is 5.85. The number of fused-ring (bicyclic) bond motifs is 1. The van der Waals surface area contributed by atoms with Crippen LogP contribution < -0.4 is 5.63 Å². The van der Waals surface area contributed by atoms with E-state index in [9.17, 15) is 14.7 Å². The zero-order chi connectivity index (χ0) is 18.0. The van der Waals surface area contributed by atoms with E-state index < -0.39 is 5.63 Å². The smallest absolute Gasteiger partial charge is 0.336 e. The van der Waals surface area contributed by atoms with Crippen molar-refractivity contribution in [2.24, 2.45) is 0 Å². The third kappa shape index (κ3) is 3.71. The lowest BCUT2D eigenvalue weighted by atomic mass is 10.1. The Morgan fingerprint density at radius 2 is 1.84 bits per heavy atom. The number of aryl methyl sites for hydroxylation is 2. The van der Waals surface area contributed by atoms with Gasteiger partial charge in [0.1, 0.15) is 17.9 Å². The molecule has 0 fully saturated rings. The molecular weight excluding hydrogens is 320 g/mol. The molecule has 0 radical (unpaired) electrons. The lowest BCUT2D eigenvalue weighted by Gasteiger charge is -2.09. The Morgan fingerprint density at radius 3 is 2.56 bits per heavy atom. The van der Waals surface area contributed by atoms with Gasteiger partial charge in [0.25, 0.3) is 0 Å². The standard InChI is InChI=1S/C20H18O5/c1-12-3-5-14(6-4-12)9-18(22)24-11-15-10-19(23)25-20-13(2)17(21)8-7-16(15)20/h3-8,10,21H,9,11H2,1-2H3. The van der Waals surface area contributed by atoms with E-state index in [1.807, 2.05) is 31.2 Å². The third-order valence-electron chi connectivity index (χ3n) is 4.08. The summed E-state index contributed by atoms with van der Waals surface area (Å²) in [5, 5.41) is 10.4. The van der Waals surface area contributed by atoms with Gasteiger partial charge >= 0.3 is 11.6 Å². The van der Waals surface area contributed by atoms with Crippen molar-refractivity contribution in [1.29, 1.82) is 0 Å². The van der Waals surface area contributed by atoms with E-state index in [4.69, 9.17) is 9.15 Å². The van der Waals surface area contributed by atoms with Gasteiger partial charge in [-0.25, -0.2) is 4.79 Å². The predicted molar refractivity (Wildman–Crippen MR) is 93.6 cm³/mol. The number of carbonyl (C=O) groups is 1. The van der Waals surface area contributed by atoms with Crippen LogP contribution in [0.2, 0.25) is 0 Å². The number of benzene rings is 2. The molecule has 1 heterocycles. The largest absolute Gasteiger partial charge is 0.508 e. The van der Waals surface area contributed by atoms with E-state index in [-0.39, 0.29) is 24.7 Å². The van der Waals surface area contributed by atoms with Gasteiger partial charge in [-0.05, 0) is 31.5 Å². The zero-order valence-electron chi connectivity index (χ0n) is 14.0. The van der Waals surface area contributed by atoms with Crippen molar-refractivity contribution in [3.8, 4) is 5.75 Å². The Kier molecular flexibility index (Phi) is 4.57. The van der Waals surface area contributed by atoms with Crippen LogP contribution in [0.3, 0.4) is 0 Å². The first-order valence-corrected chi connectivity index (χ1v) is 7.90. The molecule has 0 amide bonds. The lowest BCUT2D eigenvalue weighted by Crippen LogP contribution is -2.10. The van der Waals surface area contributed by atoms with Gasteiger partial charge in [-0.1, -0.05) is 29.8 Å². The van der Waals surface area contributed by atoms with Crippen LogP contribution in [0.5, 0.6) is 5.75 Å². The minimum absolute atomic E-state index is 0.0307. The number of phenolic OH excluding ortho intramolecular Hbond substituents is 1. The van der Waals surface area contributed by atoms with E-state index in [2.05, 4.69) is 0 Å². The normalized spacial score (nSPS) is 10.8. The van der Waals surface area contributed by atoms with E-state index in [0.717, 1.165) is 11.1 Å². The third-order valence-corrected chi connectivity index (χ3v) is 4.08. The Morgan fingerprint density at radius 1 is 1.12 bits per heavy atom. The molecule has 1 N–H and O–H groups in total. The van der Waals surface area contributed by atoms with Gasteiger partial charge in [-0.15, -0.1) is 0 Å². The van der Waals surface area contributed by atoms with Crippen molar-refractivity contribution in [2.75, 3.05) is 0 Å². The number of esters is 1. The molecule has 2 aromatic carbocycles. The van der Waals surface area contributed by atoms with Crippen LogP contribution in [0, 0.1) is 13.8 Å². The fraction of sp³-hybridized carbons (Fsp3) is 0.200. The summed E-state index contributed by atoms with van der Waals surface area (Å²) in [6.45, 7) is 3.61. The highest BCUT2D eigenvalue weighted by Crippen LogP contribution is 2.27. The van der Waals surface area contributed by atoms with Crippen LogP contribution in [0.15, 0.2) is 51.7 Å². The molecule has 0 bridgehead atoms. The van der Waals surface area contributed by atoms with Gasteiger partial charge in [-0.3, -0.25) is 4.79 Å². The highest BCUT2D eigenvalue weighted by Gasteiger charge is 2.12. The van der Waals surface area contributed by atoms with Crippen molar-refractivity contribution >= 4 is 16.9 Å². The molecule has 0 aliphatic carbocycles. The fourth-order valence-electron chi connectivity index (χ4n) is 2.62. The van der Waals surface area contributed by atoms with Gasteiger partial charge in [0.15, 0.2) is 0 Å². The van der Waals surface area contributed by atoms with E-state index in [0.29, 0.717) is 22.1 Å². The Labute approximate surface area is 144 Å². The van der Waals surface area contributed by atoms with Crippen molar-refractivity contribution in [3.63, 3.8) is 0 Å². The predicted octanol–water partition coefficient (Wildman–Crippen LogP) is 3.40. The molecule has 0 saturated carbocycles. The molecule has 3 aromatic rings. The first-order chi connectivity index (χ1) is 11.9. The average molecular weight is 338 g/mol. The van der Waals surface area contributed by atoms with Crippen LogP contribution in [0.1, 0.15) is 22.3 Å². The number of hydrogen-bond acceptors (Lipinski definition) is 5. The van der Waals surface area contributed by atoms with Gasteiger partial charge in [0.05, 0.1) is 6.42 Å². The number of carbonyl (C=O) groups excluding carboxylic acids is 1. The highest BCUT2D eigenvalue weighted by atomic mass is 16.5. The van der Waals surface area contributed by atoms with Crippen LogP contribution in [0.4, 0.5) is 0 Å². The second kappa shape index (κ2) is 6.81. The molecular formula is C20H18O5. The Balaban J connectivity index is 1.79. The maximum absolute atomic E-state index is 12.0. The number of phenols is 1. The molecule has 0 saturated heterocycles. The van der Waals surface area contributed by atoms with Crippen molar-refractivity contribution in [3.05, 3.63) is 75.1 Å². The first-order valence-electron chi connectivity index (χ1n) is 7.90. The van der Waals surface area contributed by atoms with Gasteiger partial charge in [-0.2, -0.15) is 0 Å². The van der Waals surface area contributed by atoms with Gasteiger partial charge < -0.3 is 14.3 Å². The number of aromatic hydroxyl groups is 1. The zero-order valence-corrected chi connectivity index (χ0v) is 14.0. The number of rotatable bonds is 4. The van der Waals surface area contributed by atoms with Crippen LogP contribution in [-0.2, 0) is 22.6 Å². The van der Waals surface area contributed by atoms with Crippen molar-refractivity contribution in [2.45, 2.75) is 26.9 Å². The van der Waals surface area contributed by atoms with Gasteiger partial charge in [0, 0.05) is 22.6 Å². The maximum atomic E-state index is 12.0. The molecule has 5 heteroatoms. The summed E-state index contributed by atoms with van der Waals surface area (Å²) in [6.07, 6.45) is 0.166. The number of hydrogen-bond donors (Lipinski definition) is 1. The molecule has 0 aliphatic heterocycles. The first kappa shape index (κ1) is 16.8. The topological polar surface area (TPSA) is 76.7 Å². The Hall–Kier alpha value is -3.08. The molecule has 0 atom stereocenters. The van der Waals surface area contributed by atoms with Crippen LogP contribution >= 0.6 is 0 Å². The monoisotopic (exact) mass is 338 g/mol. The molecule has 128 valence electrons. The maximum Gasteiger partial charge on any atom is 0.336 e. The summed E-state index contributed by atoms with van der Waals surface area (Å²) in [6, 6.07) is 12.1. The van der Waals surface area contributed by atoms with E-state index in [1.54, 1.807) is 13.0 Å².